The van der Waals surface area contributed by atoms with Gasteiger partial charge in [-0.25, -0.2) is 14.8 Å². The number of carboxylic acids is 1. The predicted molar refractivity (Wildman–Crippen MR) is 104 cm³/mol. The second kappa shape index (κ2) is 7.74. The summed E-state index contributed by atoms with van der Waals surface area (Å²) in [5.74, 6) is 1.57. The number of nitrogens with one attached hydrogen (secondary N) is 2. The molecule has 0 atom stereocenters. The molecule has 0 bridgehead atoms. The standard InChI is InChI=1S/C20H20N4O3/c1-12-4-9-17(27-3)16(10-12)24-19-11-18(21-13(2)22-19)23-15-7-5-14(6-8-15)20(25)26/h4-11H,1-3H3,(H,25,26)(H2,21,22,23,24). The molecule has 0 aliphatic carbocycles. The molecule has 0 aliphatic heterocycles. The molecule has 0 saturated heterocycles. The molecule has 0 amide bonds. The number of hydrogen-bond acceptors (Lipinski definition) is 6. The van der Waals surface area contributed by atoms with Crippen LogP contribution in [0.2, 0.25) is 0 Å². The molecule has 3 rings (SSSR count). The Bertz CT molecular complexity index is 971. The van der Waals surface area contributed by atoms with Crippen LogP contribution in [0.25, 0.3) is 0 Å². The van der Waals surface area contributed by atoms with Gasteiger partial charge < -0.3 is 20.5 Å². The van der Waals surface area contributed by atoms with Crippen molar-refractivity contribution in [3.8, 4) is 5.75 Å². The highest BCUT2D eigenvalue weighted by Gasteiger charge is 2.08. The molecule has 2 aromatic carbocycles. The lowest BCUT2D eigenvalue weighted by Crippen LogP contribution is -2.03. The van der Waals surface area contributed by atoms with E-state index in [9.17, 15) is 4.79 Å². The molecule has 0 aliphatic rings. The van der Waals surface area contributed by atoms with Crippen LogP contribution in [0.1, 0.15) is 21.7 Å². The van der Waals surface area contributed by atoms with Gasteiger partial charge in [0.05, 0.1) is 18.4 Å². The van der Waals surface area contributed by atoms with Gasteiger partial charge in [0.2, 0.25) is 0 Å². The van der Waals surface area contributed by atoms with Crippen LogP contribution in [0, 0.1) is 13.8 Å². The smallest absolute Gasteiger partial charge is 0.335 e. The first kappa shape index (κ1) is 18.2. The van der Waals surface area contributed by atoms with Crippen LogP contribution in [0.4, 0.5) is 23.0 Å². The Morgan fingerprint density at radius 3 is 2.26 bits per heavy atom. The van der Waals surface area contributed by atoms with Gasteiger partial charge >= 0.3 is 5.97 Å². The maximum Gasteiger partial charge on any atom is 0.335 e. The van der Waals surface area contributed by atoms with Crippen molar-refractivity contribution in [1.29, 1.82) is 0 Å². The highest BCUT2D eigenvalue weighted by atomic mass is 16.5. The lowest BCUT2D eigenvalue weighted by Gasteiger charge is -2.13. The molecule has 1 aromatic heterocycles. The first-order chi connectivity index (χ1) is 12.9. The minimum Gasteiger partial charge on any atom is -0.495 e. The van der Waals surface area contributed by atoms with Crippen LogP contribution >= 0.6 is 0 Å². The number of benzene rings is 2. The molecule has 0 saturated carbocycles. The molecule has 0 unspecified atom stereocenters. The van der Waals surface area contributed by atoms with Gasteiger partial charge in [-0.05, 0) is 55.8 Å². The Kier molecular flexibility index (Phi) is 5.21. The maximum atomic E-state index is 11.0. The quantitative estimate of drug-likeness (QED) is 0.600. The number of carboxylic acid groups (broad SMARTS) is 1. The Morgan fingerprint density at radius 1 is 0.963 bits per heavy atom. The van der Waals surface area contributed by atoms with E-state index < -0.39 is 5.97 Å². The first-order valence-corrected chi connectivity index (χ1v) is 8.32. The number of aromatic carboxylic acids is 1. The third-order valence-corrected chi connectivity index (χ3v) is 3.86. The second-order valence-corrected chi connectivity index (χ2v) is 6.02. The largest absolute Gasteiger partial charge is 0.495 e. The fourth-order valence-electron chi connectivity index (χ4n) is 2.60. The third-order valence-electron chi connectivity index (χ3n) is 3.86. The van der Waals surface area contributed by atoms with E-state index >= 15 is 0 Å². The summed E-state index contributed by atoms with van der Waals surface area (Å²) in [5, 5.41) is 15.4. The van der Waals surface area contributed by atoms with Crippen LogP contribution in [0.3, 0.4) is 0 Å². The molecule has 138 valence electrons. The summed E-state index contributed by atoms with van der Waals surface area (Å²) in [7, 11) is 1.62. The van der Waals surface area contributed by atoms with Gasteiger partial charge in [0.25, 0.3) is 0 Å². The van der Waals surface area contributed by atoms with E-state index in [2.05, 4.69) is 20.6 Å². The monoisotopic (exact) mass is 364 g/mol. The summed E-state index contributed by atoms with van der Waals surface area (Å²) in [4.78, 5) is 19.7. The number of aryl methyl sites for hydroxylation is 2. The van der Waals surface area contributed by atoms with Crippen molar-refractivity contribution < 1.29 is 14.6 Å². The lowest BCUT2D eigenvalue weighted by atomic mass is 10.2. The van der Waals surface area contributed by atoms with Crippen LogP contribution in [-0.2, 0) is 0 Å². The van der Waals surface area contributed by atoms with Crippen molar-refractivity contribution in [3.05, 3.63) is 65.5 Å². The van der Waals surface area contributed by atoms with Gasteiger partial charge in [-0.2, -0.15) is 0 Å². The average Bonchev–Trinajstić information content (AvgIpc) is 2.62. The van der Waals surface area contributed by atoms with Crippen molar-refractivity contribution in [3.63, 3.8) is 0 Å². The molecular formula is C20H20N4O3. The molecule has 27 heavy (non-hydrogen) atoms. The summed E-state index contributed by atoms with van der Waals surface area (Å²) >= 11 is 0. The molecule has 0 radical (unpaired) electrons. The Labute approximate surface area is 157 Å². The van der Waals surface area contributed by atoms with E-state index in [-0.39, 0.29) is 5.56 Å². The zero-order valence-corrected chi connectivity index (χ0v) is 15.3. The van der Waals surface area contributed by atoms with Gasteiger partial charge in [0.15, 0.2) is 0 Å². The number of nitrogens with zero attached hydrogens (tertiary/aromatic N) is 2. The summed E-state index contributed by atoms with van der Waals surface area (Å²) in [6.07, 6.45) is 0. The molecule has 7 heteroatoms. The number of ether oxygens (including phenoxy) is 1. The number of rotatable bonds is 6. The van der Waals surface area contributed by atoms with Crippen LogP contribution in [-0.4, -0.2) is 28.2 Å². The average molecular weight is 364 g/mol. The summed E-state index contributed by atoms with van der Waals surface area (Å²) in [6.45, 7) is 3.81. The molecule has 0 spiro atoms. The summed E-state index contributed by atoms with van der Waals surface area (Å²) < 4.78 is 5.39. The van der Waals surface area contributed by atoms with E-state index in [0.717, 1.165) is 22.7 Å². The van der Waals surface area contributed by atoms with Crippen molar-refractivity contribution in [2.24, 2.45) is 0 Å². The van der Waals surface area contributed by atoms with Crippen molar-refractivity contribution in [1.82, 2.24) is 9.97 Å². The Morgan fingerprint density at radius 2 is 1.63 bits per heavy atom. The van der Waals surface area contributed by atoms with Gasteiger partial charge in [0.1, 0.15) is 23.2 Å². The number of methoxy groups -OCH3 is 1. The van der Waals surface area contributed by atoms with Gasteiger partial charge in [-0.1, -0.05) is 6.07 Å². The Balaban J connectivity index is 1.84. The summed E-state index contributed by atoms with van der Waals surface area (Å²) in [5.41, 5.74) is 2.87. The first-order valence-electron chi connectivity index (χ1n) is 8.32. The predicted octanol–water partition coefficient (Wildman–Crippen LogP) is 4.29. The minimum absolute atomic E-state index is 0.230. The van der Waals surface area contributed by atoms with Crippen molar-refractivity contribution in [2.45, 2.75) is 13.8 Å². The van der Waals surface area contributed by atoms with E-state index in [0.29, 0.717) is 17.5 Å². The highest BCUT2D eigenvalue weighted by Crippen LogP contribution is 2.29. The number of hydrogen-bond donors (Lipinski definition) is 3. The maximum absolute atomic E-state index is 11.0. The van der Waals surface area contributed by atoms with E-state index in [1.807, 2.05) is 25.1 Å². The zero-order valence-electron chi connectivity index (χ0n) is 15.3. The number of aromatic nitrogens is 2. The lowest BCUT2D eigenvalue weighted by molar-refractivity contribution is 0.0697. The molecule has 7 nitrogen and oxygen atoms in total. The van der Waals surface area contributed by atoms with Gasteiger partial charge in [-0.15, -0.1) is 0 Å². The molecule has 3 aromatic rings. The molecular weight excluding hydrogens is 344 g/mol. The van der Waals surface area contributed by atoms with Crippen molar-refractivity contribution in [2.75, 3.05) is 17.7 Å². The molecule has 3 N–H and O–H groups in total. The van der Waals surface area contributed by atoms with Crippen LogP contribution in [0.15, 0.2) is 48.5 Å². The van der Waals surface area contributed by atoms with Gasteiger partial charge in [0, 0.05) is 11.8 Å². The molecule has 1 heterocycles. The van der Waals surface area contributed by atoms with E-state index in [1.165, 1.54) is 12.1 Å². The zero-order chi connectivity index (χ0) is 19.4. The normalized spacial score (nSPS) is 10.3. The van der Waals surface area contributed by atoms with E-state index in [1.54, 1.807) is 32.2 Å². The van der Waals surface area contributed by atoms with Crippen LogP contribution < -0.4 is 15.4 Å². The molecule has 0 fully saturated rings. The van der Waals surface area contributed by atoms with Gasteiger partial charge in [-0.3, -0.25) is 0 Å². The highest BCUT2D eigenvalue weighted by molar-refractivity contribution is 5.88. The van der Waals surface area contributed by atoms with Crippen LogP contribution in [0.5, 0.6) is 5.75 Å². The fourth-order valence-corrected chi connectivity index (χ4v) is 2.60. The third kappa shape index (κ3) is 4.52. The SMILES string of the molecule is COc1ccc(C)cc1Nc1cc(Nc2ccc(C(=O)O)cc2)nc(C)n1. The summed E-state index contributed by atoms with van der Waals surface area (Å²) in [6, 6.07) is 14.1. The Hall–Kier alpha value is -3.61. The number of anilines is 4. The topological polar surface area (TPSA) is 96.4 Å². The van der Waals surface area contributed by atoms with E-state index in [4.69, 9.17) is 9.84 Å². The fraction of sp³-hybridized carbons (Fsp3) is 0.150. The minimum atomic E-state index is -0.960. The van der Waals surface area contributed by atoms with Crippen molar-refractivity contribution >= 4 is 29.0 Å². The number of carbonyl (C=O) groups is 1. The second-order valence-electron chi connectivity index (χ2n) is 6.02.